The molecule has 2 atom stereocenters. The second-order valence-corrected chi connectivity index (χ2v) is 7.18. The summed E-state index contributed by atoms with van der Waals surface area (Å²) in [7, 11) is 0. The first-order valence-electron chi connectivity index (χ1n) is 11.1. The van der Waals surface area contributed by atoms with Crippen molar-refractivity contribution >= 4 is 11.9 Å². The number of ether oxygens (including phenoxy) is 2. The molecule has 2 N–H and O–H groups in total. The van der Waals surface area contributed by atoms with Gasteiger partial charge in [0.1, 0.15) is 6.10 Å². The molecule has 0 amide bonds. The van der Waals surface area contributed by atoms with Crippen LogP contribution in [0.1, 0.15) is 105 Å². The van der Waals surface area contributed by atoms with Gasteiger partial charge in [-0.05, 0) is 26.2 Å². The van der Waals surface area contributed by atoms with Crippen LogP contribution in [0.3, 0.4) is 0 Å². The van der Waals surface area contributed by atoms with Crippen LogP contribution in [-0.2, 0) is 19.1 Å². The summed E-state index contributed by atoms with van der Waals surface area (Å²) in [4.78, 5) is 22.2. The van der Waals surface area contributed by atoms with E-state index in [-0.39, 0.29) is 18.7 Å². The van der Waals surface area contributed by atoms with E-state index in [1.54, 1.807) is 6.92 Å². The lowest BCUT2D eigenvalue weighted by molar-refractivity contribution is -0.154. The molecular formula is C22H44O6. The van der Waals surface area contributed by atoms with Crippen molar-refractivity contribution in [3.8, 4) is 0 Å². The first kappa shape index (κ1) is 29.1. The van der Waals surface area contributed by atoms with Gasteiger partial charge in [0.25, 0.3) is 0 Å². The summed E-state index contributed by atoms with van der Waals surface area (Å²) in [5.74, 6) is -0.661. The Morgan fingerprint density at radius 1 is 0.857 bits per heavy atom. The Labute approximate surface area is 172 Å². The van der Waals surface area contributed by atoms with Crippen molar-refractivity contribution in [2.45, 2.75) is 117 Å². The highest BCUT2D eigenvalue weighted by Gasteiger charge is 2.15. The van der Waals surface area contributed by atoms with Gasteiger partial charge in [-0.3, -0.25) is 4.79 Å². The van der Waals surface area contributed by atoms with Crippen molar-refractivity contribution in [3.63, 3.8) is 0 Å². The molecule has 0 radical (unpaired) electrons. The molecule has 28 heavy (non-hydrogen) atoms. The third kappa shape index (κ3) is 21.2. The van der Waals surface area contributed by atoms with Gasteiger partial charge in [0.15, 0.2) is 6.10 Å². The lowest BCUT2D eigenvalue weighted by Crippen LogP contribution is -2.23. The summed E-state index contributed by atoms with van der Waals surface area (Å²) in [5.41, 5.74) is 0. The molecule has 6 heteroatoms. The lowest BCUT2D eigenvalue weighted by atomic mass is 10.1. The zero-order chi connectivity index (χ0) is 21.6. The number of hydrogen-bond acceptors (Lipinski definition) is 6. The average molecular weight is 405 g/mol. The molecule has 0 bridgehead atoms. The van der Waals surface area contributed by atoms with Gasteiger partial charge in [0.2, 0.25) is 0 Å². The molecule has 0 aliphatic rings. The molecular weight excluding hydrogens is 360 g/mol. The Hall–Kier alpha value is -1.14. The molecule has 0 saturated heterocycles. The van der Waals surface area contributed by atoms with E-state index in [1.165, 1.54) is 19.3 Å². The SMILES string of the molecule is CCCCCCC(O)C(=O)OCCC.CCCCCCCC(=O)OC(C)CO. The van der Waals surface area contributed by atoms with E-state index in [0.29, 0.717) is 19.4 Å². The monoisotopic (exact) mass is 404 g/mol. The van der Waals surface area contributed by atoms with E-state index in [2.05, 4.69) is 13.8 Å². The molecule has 0 aliphatic heterocycles. The standard InChI is InChI=1S/2C11H22O3/c1-3-4-5-6-7-8-11(13)14-10(2)9-12;1-3-5-6-7-8-10(12)11(13)14-9-4-2/h2*10,12H,3-9H2,1-2H3. The topological polar surface area (TPSA) is 93.1 Å². The minimum absolute atomic E-state index is 0.0957. The number of aliphatic hydroxyl groups is 2. The van der Waals surface area contributed by atoms with Crippen molar-refractivity contribution in [1.82, 2.24) is 0 Å². The first-order chi connectivity index (χ1) is 13.4. The van der Waals surface area contributed by atoms with Gasteiger partial charge < -0.3 is 19.7 Å². The van der Waals surface area contributed by atoms with Crippen molar-refractivity contribution in [3.05, 3.63) is 0 Å². The molecule has 168 valence electrons. The van der Waals surface area contributed by atoms with Gasteiger partial charge in [0.05, 0.1) is 13.2 Å². The normalized spacial score (nSPS) is 12.5. The van der Waals surface area contributed by atoms with Gasteiger partial charge in [0, 0.05) is 6.42 Å². The summed E-state index contributed by atoms with van der Waals surface area (Å²) >= 11 is 0. The molecule has 0 aromatic rings. The fourth-order valence-electron chi connectivity index (χ4n) is 2.37. The van der Waals surface area contributed by atoms with Crippen LogP contribution in [0.4, 0.5) is 0 Å². The molecule has 0 rings (SSSR count). The number of rotatable bonds is 16. The van der Waals surface area contributed by atoms with Crippen LogP contribution in [-0.4, -0.2) is 47.6 Å². The highest BCUT2D eigenvalue weighted by Crippen LogP contribution is 2.07. The van der Waals surface area contributed by atoms with Crippen molar-refractivity contribution in [2.24, 2.45) is 0 Å². The van der Waals surface area contributed by atoms with Crippen LogP contribution in [0.2, 0.25) is 0 Å². The summed E-state index contributed by atoms with van der Waals surface area (Å²) in [6.45, 7) is 8.23. The zero-order valence-corrected chi connectivity index (χ0v) is 18.6. The van der Waals surface area contributed by atoms with E-state index >= 15 is 0 Å². The fourth-order valence-corrected chi connectivity index (χ4v) is 2.37. The number of carbonyl (C=O) groups excluding carboxylic acids is 2. The molecule has 0 spiro atoms. The Morgan fingerprint density at radius 2 is 1.43 bits per heavy atom. The molecule has 0 aromatic carbocycles. The third-order valence-electron chi connectivity index (χ3n) is 4.13. The second kappa shape index (κ2) is 22.2. The third-order valence-corrected chi connectivity index (χ3v) is 4.13. The molecule has 0 heterocycles. The molecule has 2 unspecified atom stereocenters. The predicted molar refractivity (Wildman–Crippen MR) is 112 cm³/mol. The van der Waals surface area contributed by atoms with E-state index in [9.17, 15) is 14.7 Å². The van der Waals surface area contributed by atoms with Crippen LogP contribution in [0.25, 0.3) is 0 Å². The van der Waals surface area contributed by atoms with E-state index in [1.807, 2.05) is 6.92 Å². The summed E-state index contributed by atoms with van der Waals surface area (Å²) in [6.07, 6.45) is 10.5. The van der Waals surface area contributed by atoms with Crippen molar-refractivity contribution in [2.75, 3.05) is 13.2 Å². The zero-order valence-electron chi connectivity index (χ0n) is 18.6. The maximum Gasteiger partial charge on any atom is 0.334 e. The lowest BCUT2D eigenvalue weighted by Gasteiger charge is -2.09. The molecule has 0 saturated carbocycles. The minimum Gasteiger partial charge on any atom is -0.464 e. The number of esters is 2. The van der Waals surface area contributed by atoms with Crippen LogP contribution in [0.5, 0.6) is 0 Å². The smallest absolute Gasteiger partial charge is 0.334 e. The summed E-state index contributed by atoms with van der Waals surface area (Å²) in [6, 6.07) is 0. The van der Waals surface area contributed by atoms with Gasteiger partial charge in [-0.15, -0.1) is 0 Å². The Morgan fingerprint density at radius 3 is 1.96 bits per heavy atom. The minimum atomic E-state index is -0.918. The van der Waals surface area contributed by atoms with Gasteiger partial charge >= 0.3 is 11.9 Å². The Bertz CT molecular complexity index is 359. The van der Waals surface area contributed by atoms with E-state index < -0.39 is 12.1 Å². The quantitative estimate of drug-likeness (QED) is 0.290. The maximum absolute atomic E-state index is 11.1. The van der Waals surface area contributed by atoms with E-state index in [4.69, 9.17) is 14.6 Å². The van der Waals surface area contributed by atoms with Crippen LogP contribution in [0.15, 0.2) is 0 Å². The summed E-state index contributed by atoms with van der Waals surface area (Å²) < 4.78 is 9.74. The molecule has 6 nitrogen and oxygen atoms in total. The Balaban J connectivity index is 0. The molecule has 0 aliphatic carbocycles. The Kier molecular flexibility index (Phi) is 23.0. The highest BCUT2D eigenvalue weighted by atomic mass is 16.6. The predicted octanol–water partition coefficient (Wildman–Crippen LogP) is 4.54. The number of carbonyl (C=O) groups is 2. The highest BCUT2D eigenvalue weighted by molar-refractivity contribution is 5.74. The number of aliphatic hydroxyl groups excluding tert-OH is 2. The van der Waals surface area contributed by atoms with Gasteiger partial charge in [-0.2, -0.15) is 0 Å². The van der Waals surface area contributed by atoms with Crippen LogP contribution < -0.4 is 0 Å². The average Bonchev–Trinajstić information content (AvgIpc) is 2.69. The summed E-state index contributed by atoms with van der Waals surface area (Å²) in [5, 5.41) is 18.0. The van der Waals surface area contributed by atoms with Crippen LogP contribution >= 0.6 is 0 Å². The van der Waals surface area contributed by atoms with Gasteiger partial charge in [-0.1, -0.05) is 72.1 Å². The molecule has 0 aromatic heterocycles. The first-order valence-corrected chi connectivity index (χ1v) is 11.1. The number of hydrogen-bond donors (Lipinski definition) is 2. The largest absolute Gasteiger partial charge is 0.464 e. The molecule has 0 fully saturated rings. The maximum atomic E-state index is 11.1. The van der Waals surface area contributed by atoms with Gasteiger partial charge in [-0.25, -0.2) is 4.79 Å². The fraction of sp³-hybridized carbons (Fsp3) is 0.909. The van der Waals surface area contributed by atoms with E-state index in [0.717, 1.165) is 44.9 Å². The number of unbranched alkanes of at least 4 members (excludes halogenated alkanes) is 7. The van der Waals surface area contributed by atoms with Crippen molar-refractivity contribution < 1.29 is 29.3 Å². The van der Waals surface area contributed by atoms with Crippen LogP contribution in [0, 0.1) is 0 Å². The van der Waals surface area contributed by atoms with Crippen molar-refractivity contribution in [1.29, 1.82) is 0 Å². The second-order valence-electron chi connectivity index (χ2n) is 7.18.